The number of rotatable bonds is 2. The van der Waals surface area contributed by atoms with Gasteiger partial charge in [0.05, 0.1) is 11.0 Å². The number of aromatic nitrogens is 2. The van der Waals surface area contributed by atoms with Gasteiger partial charge in [0.15, 0.2) is 0 Å². The molecule has 3 rings (SSSR count). The summed E-state index contributed by atoms with van der Waals surface area (Å²) in [7, 11) is -10.7. The predicted octanol–water partition coefficient (Wildman–Crippen LogP) is -0.217. The van der Waals surface area contributed by atoms with E-state index < -0.39 is 15.6 Å². The zero-order chi connectivity index (χ0) is 17.1. The van der Waals surface area contributed by atoms with Gasteiger partial charge in [0.1, 0.15) is 0 Å². The maximum absolute atomic E-state index is 9.48. The molecule has 0 aliphatic rings. The van der Waals surface area contributed by atoms with Gasteiger partial charge < -0.3 is 25.0 Å². The fourth-order valence-electron chi connectivity index (χ4n) is 1.81. The first-order valence-corrected chi connectivity index (χ1v) is 9.02. The molecule has 0 amide bonds. The van der Waals surface area contributed by atoms with Gasteiger partial charge >= 0.3 is 17.1 Å². The third-order valence-corrected chi connectivity index (χ3v) is 4.20. The van der Waals surface area contributed by atoms with Gasteiger partial charge in [0, 0.05) is 23.2 Å². The van der Waals surface area contributed by atoms with Crippen LogP contribution in [0.15, 0.2) is 48.8 Å². The standard InChI is InChI=1S/C12H8N2.Cu.H4O7P2.H2O/c1-3-9-5-6-10-4-2-8-14-12(10)11(9)13-7-1;;1-8(2,3)7-9(4,5)6;/h1-8H;;(H2,1,2,3)(H2,4,5,6);1H2/q;+2;;/p-1. The Hall–Kier alpha value is -1.22. The summed E-state index contributed by atoms with van der Waals surface area (Å²) in [6, 6.07) is 12.1. The fourth-order valence-corrected chi connectivity index (χ4v) is 2.85. The monoisotopic (exact) mass is 438 g/mol. The van der Waals surface area contributed by atoms with E-state index in [1.54, 1.807) is 12.4 Å². The van der Waals surface area contributed by atoms with Crippen molar-refractivity contribution in [2.45, 2.75) is 0 Å². The van der Waals surface area contributed by atoms with E-state index in [0.29, 0.717) is 0 Å². The first kappa shape index (κ1) is 23.8. The largest absolute Gasteiger partial charge is 2.00 e. The molecule has 0 spiro atoms. The Balaban J connectivity index is 0.000000469. The van der Waals surface area contributed by atoms with Crippen LogP contribution in [0.25, 0.3) is 21.8 Å². The SMILES string of the molecule is O=P([O-])(O)OP(=O)([O-])O.[Cu+2].[OH3+].c1cnc2c(c1)ccc1cccnc12. The van der Waals surface area contributed by atoms with Crippen molar-refractivity contribution < 1.29 is 55.6 Å². The van der Waals surface area contributed by atoms with E-state index in [2.05, 4.69) is 38.5 Å². The van der Waals surface area contributed by atoms with Crippen molar-refractivity contribution in [1.82, 2.24) is 9.97 Å². The van der Waals surface area contributed by atoms with Crippen LogP contribution in [0.3, 0.4) is 0 Å². The van der Waals surface area contributed by atoms with Crippen LogP contribution in [0, 0.1) is 0 Å². The van der Waals surface area contributed by atoms with Crippen molar-refractivity contribution in [3.8, 4) is 0 Å². The molecular weight excluding hydrogens is 426 g/mol. The van der Waals surface area contributed by atoms with Crippen LogP contribution in [-0.4, -0.2) is 19.8 Å². The number of fused-ring (bicyclic) bond motifs is 3. The molecule has 139 valence electrons. The van der Waals surface area contributed by atoms with Gasteiger partial charge in [-0.25, -0.2) is 4.31 Å². The molecule has 0 saturated carbocycles. The predicted molar refractivity (Wildman–Crippen MR) is 82.7 cm³/mol. The molecule has 2 heterocycles. The van der Waals surface area contributed by atoms with E-state index in [-0.39, 0.29) is 22.5 Å². The molecule has 25 heavy (non-hydrogen) atoms. The summed E-state index contributed by atoms with van der Waals surface area (Å²) in [6.07, 6.45) is 3.60. The Labute approximate surface area is 152 Å². The summed E-state index contributed by atoms with van der Waals surface area (Å²) in [4.78, 5) is 42.8. The smallest absolute Gasteiger partial charge is 0.756 e. The summed E-state index contributed by atoms with van der Waals surface area (Å²) in [6.45, 7) is 0. The number of benzene rings is 1. The van der Waals surface area contributed by atoms with E-state index in [0.717, 1.165) is 21.8 Å². The summed E-state index contributed by atoms with van der Waals surface area (Å²) in [5.41, 5.74) is 1.95. The zero-order valence-corrected chi connectivity index (χ0v) is 15.0. The van der Waals surface area contributed by atoms with Crippen LogP contribution in [0.2, 0.25) is 0 Å². The molecule has 0 fully saturated rings. The van der Waals surface area contributed by atoms with Gasteiger partial charge in [0.2, 0.25) is 0 Å². The second-order valence-electron chi connectivity index (χ2n) is 4.23. The van der Waals surface area contributed by atoms with E-state index >= 15 is 0 Å². The van der Waals surface area contributed by atoms with Crippen molar-refractivity contribution in [3.63, 3.8) is 0 Å². The molecule has 0 bridgehead atoms. The second-order valence-corrected chi connectivity index (χ2v) is 6.76. The first-order chi connectivity index (χ1) is 10.7. The van der Waals surface area contributed by atoms with Crippen LogP contribution in [0.4, 0.5) is 0 Å². The van der Waals surface area contributed by atoms with Gasteiger partial charge in [0.25, 0.3) is 15.6 Å². The van der Waals surface area contributed by atoms with E-state index in [1.807, 2.05) is 12.1 Å². The van der Waals surface area contributed by atoms with Gasteiger partial charge in [-0.2, -0.15) is 0 Å². The molecule has 10 nitrogen and oxygen atoms in total. The van der Waals surface area contributed by atoms with E-state index in [9.17, 15) is 18.9 Å². The Morgan fingerprint density at radius 2 is 1.20 bits per heavy atom. The molecule has 0 aliphatic heterocycles. The fraction of sp³-hybridized carbons (Fsp3) is 0. The minimum absolute atomic E-state index is 0. The third-order valence-electron chi connectivity index (χ3n) is 2.55. The summed E-state index contributed by atoms with van der Waals surface area (Å²) >= 11 is 0. The van der Waals surface area contributed by atoms with Crippen LogP contribution < -0.4 is 9.79 Å². The number of nitrogens with zero attached hydrogens (tertiary/aromatic N) is 2. The Morgan fingerprint density at radius 3 is 1.48 bits per heavy atom. The van der Waals surface area contributed by atoms with Gasteiger partial charge in [-0.15, -0.1) is 0 Å². The van der Waals surface area contributed by atoms with Crippen molar-refractivity contribution in [3.05, 3.63) is 48.8 Å². The van der Waals surface area contributed by atoms with Crippen LogP contribution in [-0.2, 0) is 36.0 Å². The van der Waals surface area contributed by atoms with E-state index in [4.69, 9.17) is 9.79 Å². The average Bonchev–Trinajstić information content (AvgIpc) is 2.44. The molecule has 2 aromatic heterocycles. The maximum atomic E-state index is 9.48. The van der Waals surface area contributed by atoms with Gasteiger partial charge in [-0.05, 0) is 12.1 Å². The molecule has 3 aromatic rings. The average molecular weight is 439 g/mol. The molecule has 1 aromatic carbocycles. The van der Waals surface area contributed by atoms with Crippen molar-refractivity contribution in [2.24, 2.45) is 0 Å². The Kier molecular flexibility index (Phi) is 9.01. The maximum Gasteiger partial charge on any atom is 2.00 e. The van der Waals surface area contributed by atoms with Gasteiger partial charge in [-0.1, -0.05) is 24.3 Å². The molecule has 13 heteroatoms. The molecule has 2 atom stereocenters. The quantitative estimate of drug-likeness (QED) is 0.236. The molecule has 2 unspecified atom stereocenters. The third kappa shape index (κ3) is 7.68. The number of hydrogen-bond acceptors (Lipinski definition) is 7. The summed E-state index contributed by atoms with van der Waals surface area (Å²) in [5.74, 6) is 0. The Bertz CT molecular complexity index is 854. The van der Waals surface area contributed by atoms with Crippen molar-refractivity contribution >= 4 is 37.5 Å². The number of pyridine rings is 2. The summed E-state index contributed by atoms with van der Waals surface area (Å²) in [5, 5.41) is 2.28. The number of phosphoric acid groups is 2. The minimum Gasteiger partial charge on any atom is -0.756 e. The second kappa shape index (κ2) is 9.47. The van der Waals surface area contributed by atoms with Crippen molar-refractivity contribution in [2.75, 3.05) is 0 Å². The Morgan fingerprint density at radius 1 is 0.840 bits per heavy atom. The molecule has 5 N–H and O–H groups in total. The minimum atomic E-state index is -5.36. The van der Waals surface area contributed by atoms with E-state index in [1.165, 1.54) is 0 Å². The zero-order valence-electron chi connectivity index (χ0n) is 12.2. The molecular formula is C12H13CuN2O8P2+. The first-order valence-electron chi connectivity index (χ1n) is 6.03. The van der Waals surface area contributed by atoms with Gasteiger partial charge in [-0.3, -0.25) is 19.1 Å². The topological polar surface area (TPSA) is 189 Å². The van der Waals surface area contributed by atoms with Crippen LogP contribution in [0.1, 0.15) is 0 Å². The normalized spacial score (nSPS) is 14.9. The van der Waals surface area contributed by atoms with Crippen LogP contribution in [0.5, 0.6) is 0 Å². The van der Waals surface area contributed by atoms with Crippen LogP contribution >= 0.6 is 15.6 Å². The molecule has 1 radical (unpaired) electrons. The van der Waals surface area contributed by atoms with Crippen molar-refractivity contribution in [1.29, 1.82) is 0 Å². The summed E-state index contributed by atoms with van der Waals surface area (Å²) < 4.78 is 21.7. The number of hydrogen-bond donors (Lipinski definition) is 2. The molecule has 0 aliphatic carbocycles. The molecule has 0 saturated heterocycles.